The quantitative estimate of drug-likeness (QED) is 0.865. The van der Waals surface area contributed by atoms with Crippen molar-refractivity contribution in [2.24, 2.45) is 0 Å². The van der Waals surface area contributed by atoms with Crippen LogP contribution in [0.15, 0.2) is 42.5 Å². The zero-order valence-corrected chi connectivity index (χ0v) is 12.2. The van der Waals surface area contributed by atoms with Crippen LogP contribution in [0, 0.1) is 11.6 Å². The minimum atomic E-state index is -0.750. The highest BCUT2D eigenvalue weighted by Crippen LogP contribution is 2.23. The average molecular weight is 289 g/mol. The summed E-state index contributed by atoms with van der Waals surface area (Å²) in [7, 11) is 0. The first-order valence-electron chi connectivity index (χ1n) is 6.64. The lowest BCUT2D eigenvalue weighted by atomic mass is 9.87. The monoisotopic (exact) mass is 289 g/mol. The molecule has 21 heavy (non-hydrogen) atoms. The van der Waals surface area contributed by atoms with Crippen molar-refractivity contribution in [1.82, 2.24) is 0 Å². The number of nitrogens with one attached hydrogen (secondary N) is 1. The van der Waals surface area contributed by atoms with Gasteiger partial charge in [0.1, 0.15) is 11.6 Å². The second-order valence-corrected chi connectivity index (χ2v) is 5.91. The molecule has 0 aromatic heterocycles. The van der Waals surface area contributed by atoms with Gasteiger partial charge in [0.25, 0.3) is 5.91 Å². The van der Waals surface area contributed by atoms with E-state index in [0.717, 1.165) is 23.8 Å². The minimum absolute atomic E-state index is 0.0111. The molecule has 0 aliphatic heterocycles. The number of anilines is 1. The van der Waals surface area contributed by atoms with Gasteiger partial charge in [0, 0.05) is 5.69 Å². The van der Waals surface area contributed by atoms with Gasteiger partial charge in [0.2, 0.25) is 0 Å². The Bertz CT molecular complexity index is 657. The Morgan fingerprint density at radius 2 is 1.62 bits per heavy atom. The van der Waals surface area contributed by atoms with Crippen LogP contribution >= 0.6 is 0 Å². The number of rotatable bonds is 2. The second-order valence-electron chi connectivity index (χ2n) is 5.91. The number of halogens is 2. The summed E-state index contributed by atoms with van der Waals surface area (Å²) in [5, 5.41) is 2.56. The van der Waals surface area contributed by atoms with E-state index in [1.807, 2.05) is 12.1 Å². The van der Waals surface area contributed by atoms with Crippen LogP contribution in [0.25, 0.3) is 0 Å². The second kappa shape index (κ2) is 5.64. The van der Waals surface area contributed by atoms with Crippen LogP contribution in [0.5, 0.6) is 0 Å². The summed E-state index contributed by atoms with van der Waals surface area (Å²) in [6.45, 7) is 6.26. The smallest absolute Gasteiger partial charge is 0.258 e. The molecule has 1 amide bonds. The largest absolute Gasteiger partial charge is 0.322 e. The summed E-state index contributed by atoms with van der Waals surface area (Å²) < 4.78 is 26.6. The molecule has 4 heteroatoms. The predicted octanol–water partition coefficient (Wildman–Crippen LogP) is 4.51. The minimum Gasteiger partial charge on any atom is -0.322 e. The van der Waals surface area contributed by atoms with Crippen molar-refractivity contribution in [3.05, 3.63) is 65.2 Å². The summed E-state index contributed by atoms with van der Waals surface area (Å²) in [6, 6.07) is 10.1. The first-order valence-corrected chi connectivity index (χ1v) is 6.64. The van der Waals surface area contributed by atoms with Crippen LogP contribution in [-0.4, -0.2) is 5.91 Å². The highest BCUT2D eigenvalue weighted by molar-refractivity contribution is 6.04. The van der Waals surface area contributed by atoms with Crippen molar-refractivity contribution in [2.45, 2.75) is 26.2 Å². The van der Waals surface area contributed by atoms with E-state index in [1.165, 1.54) is 0 Å². The molecule has 0 fully saturated rings. The first-order chi connectivity index (χ1) is 9.77. The Hall–Kier alpha value is -2.23. The molecule has 2 rings (SSSR count). The molecular formula is C17H17F2NO. The van der Waals surface area contributed by atoms with Gasteiger partial charge in [0.05, 0.1) is 5.56 Å². The summed E-state index contributed by atoms with van der Waals surface area (Å²) in [5.74, 6) is -2.07. The lowest BCUT2D eigenvalue weighted by Crippen LogP contribution is -2.15. The topological polar surface area (TPSA) is 29.1 Å². The zero-order chi connectivity index (χ0) is 15.6. The third kappa shape index (κ3) is 3.66. The molecule has 0 spiro atoms. The molecule has 2 nitrogen and oxygen atoms in total. The molecule has 0 aliphatic carbocycles. The molecule has 2 aromatic rings. The van der Waals surface area contributed by atoms with Crippen LogP contribution in [0.1, 0.15) is 36.7 Å². The summed E-state index contributed by atoms with van der Waals surface area (Å²) in [4.78, 5) is 12.0. The predicted molar refractivity (Wildman–Crippen MR) is 79.5 cm³/mol. The van der Waals surface area contributed by atoms with E-state index in [-0.39, 0.29) is 11.0 Å². The SMILES string of the molecule is CC(C)(C)c1ccc(NC(=O)c2cc(F)ccc2F)cc1. The number of hydrogen-bond acceptors (Lipinski definition) is 1. The van der Waals surface area contributed by atoms with Gasteiger partial charge >= 0.3 is 0 Å². The fraction of sp³-hybridized carbons (Fsp3) is 0.235. The normalized spacial score (nSPS) is 11.3. The van der Waals surface area contributed by atoms with E-state index in [4.69, 9.17) is 0 Å². The van der Waals surface area contributed by atoms with Gasteiger partial charge < -0.3 is 5.32 Å². The van der Waals surface area contributed by atoms with Gasteiger partial charge in [-0.3, -0.25) is 4.79 Å². The molecule has 0 heterocycles. The van der Waals surface area contributed by atoms with Gasteiger partial charge in [-0.1, -0.05) is 32.9 Å². The molecule has 0 saturated heterocycles. The third-order valence-electron chi connectivity index (χ3n) is 3.18. The van der Waals surface area contributed by atoms with E-state index in [9.17, 15) is 13.6 Å². The van der Waals surface area contributed by atoms with Crippen molar-refractivity contribution < 1.29 is 13.6 Å². The van der Waals surface area contributed by atoms with Gasteiger partial charge in [-0.25, -0.2) is 8.78 Å². The molecule has 110 valence electrons. The molecule has 1 N–H and O–H groups in total. The highest BCUT2D eigenvalue weighted by atomic mass is 19.1. The van der Waals surface area contributed by atoms with Crippen LogP contribution in [-0.2, 0) is 5.41 Å². The molecule has 0 atom stereocenters. The standard InChI is InChI=1S/C17H17F2NO/c1-17(2,3)11-4-7-13(8-5-11)20-16(21)14-10-12(18)6-9-15(14)19/h4-10H,1-3H3,(H,20,21). The molecule has 2 aromatic carbocycles. The van der Waals surface area contributed by atoms with Gasteiger partial charge in [-0.05, 0) is 41.3 Å². The molecule has 0 unspecified atom stereocenters. The molecule has 0 saturated carbocycles. The molecule has 0 bridgehead atoms. The number of hydrogen-bond donors (Lipinski definition) is 1. The molecule has 0 radical (unpaired) electrons. The van der Waals surface area contributed by atoms with E-state index in [1.54, 1.807) is 12.1 Å². The Kier molecular flexibility index (Phi) is 4.07. The Balaban J connectivity index is 2.18. The van der Waals surface area contributed by atoms with Crippen LogP contribution < -0.4 is 5.32 Å². The first kappa shape index (κ1) is 15.2. The Labute approximate surface area is 122 Å². The number of carbonyl (C=O) groups excluding carboxylic acids is 1. The fourth-order valence-corrected chi connectivity index (χ4v) is 1.92. The average Bonchev–Trinajstić information content (AvgIpc) is 2.41. The maximum Gasteiger partial charge on any atom is 0.258 e. The van der Waals surface area contributed by atoms with Crippen LogP contribution in [0.3, 0.4) is 0 Å². The summed E-state index contributed by atoms with van der Waals surface area (Å²) in [5.41, 5.74) is 1.36. The van der Waals surface area contributed by atoms with Crippen molar-refractivity contribution in [2.75, 3.05) is 5.32 Å². The summed E-state index contributed by atoms with van der Waals surface area (Å²) >= 11 is 0. The van der Waals surface area contributed by atoms with Crippen LogP contribution in [0.2, 0.25) is 0 Å². The zero-order valence-electron chi connectivity index (χ0n) is 12.2. The van der Waals surface area contributed by atoms with E-state index < -0.39 is 17.5 Å². The van der Waals surface area contributed by atoms with Crippen molar-refractivity contribution in [3.8, 4) is 0 Å². The van der Waals surface area contributed by atoms with E-state index in [0.29, 0.717) is 5.69 Å². The van der Waals surface area contributed by atoms with E-state index in [2.05, 4.69) is 26.1 Å². The van der Waals surface area contributed by atoms with Crippen LogP contribution in [0.4, 0.5) is 14.5 Å². The highest BCUT2D eigenvalue weighted by Gasteiger charge is 2.15. The molecular weight excluding hydrogens is 272 g/mol. The lowest BCUT2D eigenvalue weighted by molar-refractivity contribution is 0.102. The third-order valence-corrected chi connectivity index (χ3v) is 3.18. The van der Waals surface area contributed by atoms with Crippen molar-refractivity contribution >= 4 is 11.6 Å². The maximum atomic E-state index is 13.5. The van der Waals surface area contributed by atoms with Gasteiger partial charge in [-0.15, -0.1) is 0 Å². The van der Waals surface area contributed by atoms with Gasteiger partial charge in [-0.2, -0.15) is 0 Å². The van der Waals surface area contributed by atoms with Crippen molar-refractivity contribution in [3.63, 3.8) is 0 Å². The lowest BCUT2D eigenvalue weighted by Gasteiger charge is -2.19. The van der Waals surface area contributed by atoms with Gasteiger partial charge in [0.15, 0.2) is 0 Å². The number of benzene rings is 2. The summed E-state index contributed by atoms with van der Waals surface area (Å²) in [6.07, 6.45) is 0. The van der Waals surface area contributed by atoms with Crippen molar-refractivity contribution in [1.29, 1.82) is 0 Å². The number of carbonyl (C=O) groups is 1. The number of amides is 1. The van der Waals surface area contributed by atoms with E-state index >= 15 is 0 Å². The maximum absolute atomic E-state index is 13.5. The molecule has 0 aliphatic rings. The Morgan fingerprint density at radius 3 is 2.19 bits per heavy atom. The Morgan fingerprint density at radius 1 is 1.00 bits per heavy atom. The fourth-order valence-electron chi connectivity index (χ4n) is 1.92.